The molecule has 10 nitrogen and oxygen atoms in total. The number of nitriles is 1. The van der Waals surface area contributed by atoms with Gasteiger partial charge in [-0.3, -0.25) is 5.10 Å². The highest BCUT2D eigenvalue weighted by molar-refractivity contribution is 5.82. The lowest BCUT2D eigenvalue weighted by atomic mass is 10.1. The molecule has 2 heterocycles. The number of aromatic nitrogens is 3. The van der Waals surface area contributed by atoms with Gasteiger partial charge < -0.3 is 29.4 Å². The number of aromatic amines is 1. The zero-order valence-electron chi connectivity index (χ0n) is 18.4. The third-order valence-corrected chi connectivity index (χ3v) is 5.01. The number of ether oxygens (including phenoxy) is 4. The number of aliphatic hydroxyl groups is 1. The first-order valence-electron chi connectivity index (χ1n) is 10.0. The summed E-state index contributed by atoms with van der Waals surface area (Å²) in [7, 11) is 4.69. The Kier molecular flexibility index (Phi) is 6.24. The fourth-order valence-electron chi connectivity index (χ4n) is 3.46. The Morgan fingerprint density at radius 3 is 2.45 bits per heavy atom. The first-order valence-corrected chi connectivity index (χ1v) is 10.0. The van der Waals surface area contributed by atoms with Crippen LogP contribution in [0, 0.1) is 11.3 Å². The van der Waals surface area contributed by atoms with Crippen molar-refractivity contribution in [3.8, 4) is 40.3 Å². The summed E-state index contributed by atoms with van der Waals surface area (Å²) in [5, 5.41) is 25.0. The Hall–Kier alpha value is -4.36. The molecule has 0 atom stereocenters. The monoisotopic (exact) mass is 449 g/mol. The highest BCUT2D eigenvalue weighted by Crippen LogP contribution is 2.38. The minimum atomic E-state index is -0.104. The molecule has 0 unspecified atom stereocenters. The van der Waals surface area contributed by atoms with Crippen molar-refractivity contribution in [2.45, 2.75) is 0 Å². The Balaban J connectivity index is 1.82. The third-order valence-electron chi connectivity index (χ3n) is 5.01. The van der Waals surface area contributed by atoms with Gasteiger partial charge in [0, 0.05) is 23.5 Å². The maximum atomic E-state index is 9.48. The lowest BCUT2D eigenvalue weighted by molar-refractivity contribution is 0.196. The summed E-state index contributed by atoms with van der Waals surface area (Å²) >= 11 is 0. The summed E-state index contributed by atoms with van der Waals surface area (Å²) in [4.78, 5) is 4.71. The topological polar surface area (TPSA) is 126 Å². The normalized spacial score (nSPS) is 10.6. The minimum absolute atomic E-state index is 0.104. The molecule has 0 spiro atoms. The second-order valence-corrected chi connectivity index (χ2v) is 6.90. The maximum absolute atomic E-state index is 9.48. The highest BCUT2D eigenvalue weighted by Gasteiger charge is 2.20. The fraction of sp³-hybridized carbons (Fsp3) is 0.217. The molecule has 0 aliphatic rings. The zero-order chi connectivity index (χ0) is 23.4. The molecule has 0 saturated carbocycles. The van der Waals surface area contributed by atoms with Crippen molar-refractivity contribution in [2.24, 2.45) is 0 Å². The number of fused-ring (bicyclic) bond motifs is 1. The predicted octanol–water partition coefficient (Wildman–Crippen LogP) is 3.34. The van der Waals surface area contributed by atoms with Gasteiger partial charge in [-0.2, -0.15) is 5.26 Å². The lowest BCUT2D eigenvalue weighted by Gasteiger charge is -2.13. The van der Waals surface area contributed by atoms with E-state index in [1.54, 1.807) is 50.2 Å². The van der Waals surface area contributed by atoms with Crippen molar-refractivity contribution >= 4 is 17.2 Å². The molecule has 4 rings (SSSR count). The van der Waals surface area contributed by atoms with Crippen LogP contribution in [0.25, 0.3) is 16.9 Å². The maximum Gasteiger partial charge on any atom is 0.173 e. The van der Waals surface area contributed by atoms with Crippen LogP contribution in [0.3, 0.4) is 0 Å². The van der Waals surface area contributed by atoms with Crippen LogP contribution in [0.2, 0.25) is 0 Å². The second kappa shape index (κ2) is 9.42. The quantitative estimate of drug-likeness (QED) is 0.355. The standard InChI is InChI=1S/C23H23N5O5/c1-30-17-7-5-16(11-20(17)32-3)26-23-21(27-22-15(12-24)13-25-28(22)23)14-4-6-18(33-9-8-29)19(10-14)31-2/h4-7,10-11,13,25-26,29H,8-9H2,1-3H3. The minimum Gasteiger partial charge on any atom is -0.493 e. The molecule has 2 aromatic carbocycles. The van der Waals surface area contributed by atoms with Gasteiger partial charge in [-0.1, -0.05) is 0 Å². The van der Waals surface area contributed by atoms with Crippen molar-refractivity contribution in [2.75, 3.05) is 39.9 Å². The molecule has 0 radical (unpaired) electrons. The number of aliphatic hydroxyl groups excluding tert-OH is 1. The molecule has 2 aromatic heterocycles. The lowest BCUT2D eigenvalue weighted by Crippen LogP contribution is -2.03. The van der Waals surface area contributed by atoms with Gasteiger partial charge in [0.1, 0.15) is 23.9 Å². The number of hydrogen-bond acceptors (Lipinski definition) is 8. The van der Waals surface area contributed by atoms with Gasteiger partial charge in [0.15, 0.2) is 34.5 Å². The number of rotatable bonds is 9. The number of imidazole rings is 1. The molecule has 0 fully saturated rings. The summed E-state index contributed by atoms with van der Waals surface area (Å²) in [6, 6.07) is 13.0. The van der Waals surface area contributed by atoms with Crippen LogP contribution in [-0.2, 0) is 0 Å². The smallest absolute Gasteiger partial charge is 0.173 e. The Labute approximate surface area is 189 Å². The van der Waals surface area contributed by atoms with E-state index in [9.17, 15) is 5.26 Å². The van der Waals surface area contributed by atoms with Gasteiger partial charge in [0.2, 0.25) is 0 Å². The third kappa shape index (κ3) is 4.09. The summed E-state index contributed by atoms with van der Waals surface area (Å²) in [5.74, 6) is 2.80. The van der Waals surface area contributed by atoms with E-state index in [0.29, 0.717) is 45.7 Å². The van der Waals surface area contributed by atoms with Gasteiger partial charge >= 0.3 is 0 Å². The van der Waals surface area contributed by atoms with E-state index in [1.165, 1.54) is 0 Å². The number of benzene rings is 2. The number of methoxy groups -OCH3 is 3. The molecule has 0 saturated heterocycles. The van der Waals surface area contributed by atoms with Crippen molar-refractivity contribution in [1.82, 2.24) is 14.6 Å². The van der Waals surface area contributed by atoms with Crippen LogP contribution >= 0.6 is 0 Å². The molecule has 0 aliphatic heterocycles. The predicted molar refractivity (Wildman–Crippen MR) is 122 cm³/mol. The Bertz CT molecular complexity index is 1320. The number of nitrogens with zero attached hydrogens (tertiary/aromatic N) is 3. The van der Waals surface area contributed by atoms with Gasteiger partial charge in [-0.15, -0.1) is 0 Å². The molecule has 0 amide bonds. The van der Waals surface area contributed by atoms with Gasteiger partial charge in [0.05, 0.1) is 27.9 Å². The van der Waals surface area contributed by atoms with Crippen LogP contribution in [0.15, 0.2) is 42.6 Å². The van der Waals surface area contributed by atoms with Crippen molar-refractivity contribution in [3.63, 3.8) is 0 Å². The largest absolute Gasteiger partial charge is 0.493 e. The first-order chi connectivity index (χ1) is 16.1. The summed E-state index contributed by atoms with van der Waals surface area (Å²) in [5.41, 5.74) is 2.97. The summed E-state index contributed by atoms with van der Waals surface area (Å²) < 4.78 is 23.4. The van der Waals surface area contributed by atoms with Crippen molar-refractivity contribution < 1.29 is 24.1 Å². The van der Waals surface area contributed by atoms with Crippen LogP contribution in [0.4, 0.5) is 11.5 Å². The van der Waals surface area contributed by atoms with E-state index >= 15 is 0 Å². The van der Waals surface area contributed by atoms with E-state index in [4.69, 9.17) is 29.0 Å². The van der Waals surface area contributed by atoms with E-state index in [1.807, 2.05) is 18.2 Å². The number of H-pyrrole nitrogens is 1. The first kappa shape index (κ1) is 21.9. The van der Waals surface area contributed by atoms with Crippen LogP contribution in [-0.4, -0.2) is 54.2 Å². The molecule has 0 bridgehead atoms. The van der Waals surface area contributed by atoms with Gasteiger partial charge in [-0.25, -0.2) is 9.50 Å². The molecular formula is C23H23N5O5. The van der Waals surface area contributed by atoms with E-state index in [0.717, 1.165) is 11.3 Å². The van der Waals surface area contributed by atoms with E-state index in [-0.39, 0.29) is 13.2 Å². The SMILES string of the molecule is COc1ccc(Nc2c(-c3ccc(OCCO)c(OC)c3)nc3c(C#N)c[nH]n23)cc1OC. The average molecular weight is 449 g/mol. The number of nitrogens with one attached hydrogen (secondary N) is 2. The molecule has 4 aromatic rings. The van der Waals surface area contributed by atoms with Crippen LogP contribution in [0.1, 0.15) is 5.56 Å². The molecule has 3 N–H and O–H groups in total. The van der Waals surface area contributed by atoms with Crippen LogP contribution in [0.5, 0.6) is 23.0 Å². The fourth-order valence-corrected chi connectivity index (χ4v) is 3.46. The molecule has 170 valence electrons. The van der Waals surface area contributed by atoms with Gasteiger partial charge in [0.25, 0.3) is 0 Å². The molecular weight excluding hydrogens is 426 g/mol. The van der Waals surface area contributed by atoms with E-state index in [2.05, 4.69) is 16.5 Å². The molecule has 0 aliphatic carbocycles. The van der Waals surface area contributed by atoms with Crippen molar-refractivity contribution in [1.29, 1.82) is 5.26 Å². The average Bonchev–Trinajstić information content (AvgIpc) is 3.42. The van der Waals surface area contributed by atoms with Crippen molar-refractivity contribution in [3.05, 3.63) is 48.2 Å². The van der Waals surface area contributed by atoms with Crippen LogP contribution < -0.4 is 24.3 Å². The van der Waals surface area contributed by atoms with E-state index < -0.39 is 0 Å². The zero-order valence-corrected chi connectivity index (χ0v) is 18.4. The molecule has 10 heteroatoms. The Morgan fingerprint density at radius 1 is 1.03 bits per heavy atom. The number of hydrogen-bond donors (Lipinski definition) is 3. The Morgan fingerprint density at radius 2 is 1.76 bits per heavy atom. The molecule has 33 heavy (non-hydrogen) atoms. The second-order valence-electron chi connectivity index (χ2n) is 6.90. The summed E-state index contributed by atoms with van der Waals surface area (Å²) in [6.07, 6.45) is 1.60. The number of anilines is 2. The van der Waals surface area contributed by atoms with Gasteiger partial charge in [-0.05, 0) is 30.3 Å². The highest BCUT2D eigenvalue weighted by atomic mass is 16.5. The summed E-state index contributed by atoms with van der Waals surface area (Å²) in [6.45, 7) is 0.0494.